The second kappa shape index (κ2) is 7.73. The molecule has 158 valence electrons. The van der Waals surface area contributed by atoms with Crippen molar-refractivity contribution in [2.45, 2.75) is 6.92 Å². The molecule has 0 spiro atoms. The molecular formula is C24H19FN6O. The number of carbonyl (C=O) groups excluding carboxylic acids is 1. The molecule has 5 aromatic rings. The first kappa shape index (κ1) is 19.6. The first-order valence-corrected chi connectivity index (χ1v) is 10.0. The molecule has 2 heterocycles. The van der Waals surface area contributed by atoms with Crippen LogP contribution in [0.2, 0.25) is 0 Å². The highest BCUT2D eigenvalue weighted by Crippen LogP contribution is 2.25. The molecule has 0 aliphatic carbocycles. The lowest BCUT2D eigenvalue weighted by Crippen LogP contribution is -2.14. The maximum atomic E-state index is 13.2. The van der Waals surface area contributed by atoms with Crippen LogP contribution in [0.5, 0.6) is 0 Å². The topological polar surface area (TPSA) is 77.6 Å². The van der Waals surface area contributed by atoms with Crippen LogP contribution in [0.1, 0.15) is 16.4 Å². The van der Waals surface area contributed by atoms with E-state index in [0.717, 1.165) is 22.4 Å². The standard InChI is InChI=1S/C24H19FN6O/c1-15-26-22(29-31(15)19-13-9-17(25)10-14-19)24(32)27-18-11-7-16(8-12-18)23-28-20-5-3-4-6-21(20)30(23)2/h3-14H,1-2H3,(H,27,32). The molecule has 0 fully saturated rings. The van der Waals surface area contributed by atoms with Gasteiger partial charge < -0.3 is 9.88 Å². The monoisotopic (exact) mass is 426 g/mol. The van der Waals surface area contributed by atoms with Gasteiger partial charge in [0.1, 0.15) is 17.5 Å². The van der Waals surface area contributed by atoms with E-state index < -0.39 is 5.91 Å². The molecule has 1 N–H and O–H groups in total. The van der Waals surface area contributed by atoms with Gasteiger partial charge >= 0.3 is 0 Å². The second-order valence-electron chi connectivity index (χ2n) is 7.39. The summed E-state index contributed by atoms with van der Waals surface area (Å²) in [6.45, 7) is 1.73. The van der Waals surface area contributed by atoms with Crippen molar-refractivity contribution in [2.75, 3.05) is 5.32 Å². The summed E-state index contributed by atoms with van der Waals surface area (Å²) >= 11 is 0. The Labute approximate surface area is 183 Å². The molecule has 5 rings (SSSR count). The fourth-order valence-electron chi connectivity index (χ4n) is 3.61. The summed E-state index contributed by atoms with van der Waals surface area (Å²) in [5, 5.41) is 7.08. The van der Waals surface area contributed by atoms with Crippen LogP contribution in [0.3, 0.4) is 0 Å². The Morgan fingerprint density at radius 3 is 2.38 bits per heavy atom. The molecule has 32 heavy (non-hydrogen) atoms. The Hall–Kier alpha value is -4.33. The van der Waals surface area contributed by atoms with E-state index in [2.05, 4.69) is 15.4 Å². The number of benzene rings is 3. The third-order valence-electron chi connectivity index (χ3n) is 5.23. The molecule has 0 saturated carbocycles. The molecule has 0 saturated heterocycles. The van der Waals surface area contributed by atoms with Crippen LogP contribution < -0.4 is 5.32 Å². The van der Waals surface area contributed by atoms with Gasteiger partial charge in [0.25, 0.3) is 5.91 Å². The van der Waals surface area contributed by atoms with Gasteiger partial charge in [-0.15, -0.1) is 5.10 Å². The number of para-hydroxylation sites is 2. The van der Waals surface area contributed by atoms with Gasteiger partial charge in [0, 0.05) is 18.3 Å². The van der Waals surface area contributed by atoms with Crippen LogP contribution in [0.15, 0.2) is 72.8 Å². The average Bonchev–Trinajstić information content (AvgIpc) is 3.35. The van der Waals surface area contributed by atoms with E-state index in [9.17, 15) is 9.18 Å². The summed E-state index contributed by atoms with van der Waals surface area (Å²) in [7, 11) is 1.98. The molecular weight excluding hydrogens is 407 g/mol. The average molecular weight is 426 g/mol. The van der Waals surface area contributed by atoms with E-state index in [1.54, 1.807) is 19.1 Å². The molecule has 0 atom stereocenters. The quantitative estimate of drug-likeness (QED) is 0.458. The number of nitrogens with one attached hydrogen (secondary N) is 1. The number of fused-ring (bicyclic) bond motifs is 1. The Balaban J connectivity index is 1.35. The maximum absolute atomic E-state index is 13.2. The third kappa shape index (κ3) is 3.51. The van der Waals surface area contributed by atoms with Crippen LogP contribution in [0.4, 0.5) is 10.1 Å². The summed E-state index contributed by atoms with van der Waals surface area (Å²) in [5.41, 5.74) is 4.17. The lowest BCUT2D eigenvalue weighted by molar-refractivity contribution is 0.101. The van der Waals surface area contributed by atoms with Gasteiger partial charge in [-0.3, -0.25) is 4.79 Å². The number of rotatable bonds is 4. The van der Waals surface area contributed by atoms with E-state index in [1.807, 2.05) is 60.1 Å². The highest BCUT2D eigenvalue weighted by Gasteiger charge is 2.16. The van der Waals surface area contributed by atoms with E-state index in [4.69, 9.17) is 4.98 Å². The van der Waals surface area contributed by atoms with Crippen molar-refractivity contribution in [1.82, 2.24) is 24.3 Å². The number of anilines is 1. The molecule has 0 aliphatic rings. The molecule has 3 aromatic carbocycles. The first-order valence-electron chi connectivity index (χ1n) is 10.0. The second-order valence-corrected chi connectivity index (χ2v) is 7.39. The zero-order chi connectivity index (χ0) is 22.2. The summed E-state index contributed by atoms with van der Waals surface area (Å²) < 4.78 is 16.7. The summed E-state index contributed by atoms with van der Waals surface area (Å²) in [6, 6.07) is 21.2. The van der Waals surface area contributed by atoms with Gasteiger partial charge in [0.05, 0.1) is 16.7 Å². The van der Waals surface area contributed by atoms with Crippen LogP contribution in [-0.4, -0.2) is 30.2 Å². The fraction of sp³-hybridized carbons (Fsp3) is 0.0833. The Morgan fingerprint density at radius 2 is 1.66 bits per heavy atom. The SMILES string of the molecule is Cc1nc(C(=O)Nc2ccc(-c3nc4ccccc4n3C)cc2)nn1-c1ccc(F)cc1. The Morgan fingerprint density at radius 1 is 0.938 bits per heavy atom. The molecule has 8 heteroatoms. The molecule has 2 aromatic heterocycles. The maximum Gasteiger partial charge on any atom is 0.295 e. The number of amides is 1. The Kier molecular flexibility index (Phi) is 4.74. The van der Waals surface area contributed by atoms with E-state index in [1.165, 1.54) is 16.8 Å². The first-order chi connectivity index (χ1) is 15.5. The normalized spacial score (nSPS) is 11.1. The van der Waals surface area contributed by atoms with Crippen LogP contribution >= 0.6 is 0 Å². The van der Waals surface area contributed by atoms with E-state index >= 15 is 0 Å². The molecule has 1 amide bonds. The third-order valence-corrected chi connectivity index (χ3v) is 5.23. The summed E-state index contributed by atoms with van der Waals surface area (Å²) in [5.74, 6) is 0.639. The van der Waals surface area contributed by atoms with Gasteiger partial charge in [0.2, 0.25) is 5.82 Å². The number of halogens is 1. The lowest BCUT2D eigenvalue weighted by atomic mass is 10.2. The predicted octanol–water partition coefficient (Wildman–Crippen LogP) is 4.52. The number of hydrogen-bond donors (Lipinski definition) is 1. The number of nitrogens with zero attached hydrogens (tertiary/aromatic N) is 5. The smallest absolute Gasteiger partial charge is 0.295 e. The minimum Gasteiger partial charge on any atom is -0.327 e. The number of aryl methyl sites for hydroxylation is 2. The van der Waals surface area contributed by atoms with Crippen molar-refractivity contribution in [3.63, 3.8) is 0 Å². The molecule has 0 bridgehead atoms. The van der Waals surface area contributed by atoms with Crippen molar-refractivity contribution in [3.8, 4) is 17.1 Å². The highest BCUT2D eigenvalue weighted by molar-refractivity contribution is 6.01. The number of aromatic nitrogens is 5. The fourth-order valence-corrected chi connectivity index (χ4v) is 3.61. The van der Waals surface area contributed by atoms with Gasteiger partial charge in [-0.1, -0.05) is 12.1 Å². The van der Waals surface area contributed by atoms with Crippen molar-refractivity contribution in [3.05, 3.63) is 90.3 Å². The number of hydrogen-bond acceptors (Lipinski definition) is 4. The van der Waals surface area contributed by atoms with Crippen LogP contribution in [0, 0.1) is 12.7 Å². The van der Waals surface area contributed by atoms with Crippen molar-refractivity contribution in [2.24, 2.45) is 7.05 Å². The van der Waals surface area contributed by atoms with E-state index in [-0.39, 0.29) is 11.6 Å². The highest BCUT2D eigenvalue weighted by atomic mass is 19.1. The Bertz CT molecular complexity index is 1430. The number of carbonyl (C=O) groups is 1. The minimum atomic E-state index is -0.426. The molecule has 0 unspecified atom stereocenters. The largest absolute Gasteiger partial charge is 0.327 e. The number of imidazole rings is 1. The zero-order valence-electron chi connectivity index (χ0n) is 17.5. The van der Waals surface area contributed by atoms with Crippen molar-refractivity contribution < 1.29 is 9.18 Å². The van der Waals surface area contributed by atoms with Gasteiger partial charge in [-0.2, -0.15) is 0 Å². The zero-order valence-corrected chi connectivity index (χ0v) is 17.5. The predicted molar refractivity (Wildman–Crippen MR) is 120 cm³/mol. The van der Waals surface area contributed by atoms with Gasteiger partial charge in [0.15, 0.2) is 0 Å². The summed E-state index contributed by atoms with van der Waals surface area (Å²) in [4.78, 5) is 21.6. The summed E-state index contributed by atoms with van der Waals surface area (Å²) in [6.07, 6.45) is 0. The van der Waals surface area contributed by atoms with Crippen LogP contribution in [0.25, 0.3) is 28.1 Å². The minimum absolute atomic E-state index is 0.0336. The molecule has 0 radical (unpaired) electrons. The van der Waals surface area contributed by atoms with Gasteiger partial charge in [-0.05, 0) is 67.6 Å². The van der Waals surface area contributed by atoms with E-state index in [0.29, 0.717) is 17.2 Å². The molecule has 0 aliphatic heterocycles. The van der Waals surface area contributed by atoms with Gasteiger partial charge in [-0.25, -0.2) is 19.0 Å². The van der Waals surface area contributed by atoms with Crippen molar-refractivity contribution >= 4 is 22.6 Å². The lowest BCUT2D eigenvalue weighted by Gasteiger charge is -2.06. The van der Waals surface area contributed by atoms with Crippen molar-refractivity contribution in [1.29, 1.82) is 0 Å². The molecule has 7 nitrogen and oxygen atoms in total. The van der Waals surface area contributed by atoms with Crippen LogP contribution in [-0.2, 0) is 7.05 Å².